The van der Waals surface area contributed by atoms with Crippen molar-refractivity contribution < 1.29 is 14.7 Å². The predicted octanol–water partition coefficient (Wildman–Crippen LogP) is 2.55. The van der Waals surface area contributed by atoms with Gasteiger partial charge in [-0.15, -0.1) is 0 Å². The quantitative estimate of drug-likeness (QED) is 0.783. The minimum absolute atomic E-state index is 0.0220. The van der Waals surface area contributed by atoms with Crippen molar-refractivity contribution >= 4 is 35.4 Å². The van der Waals surface area contributed by atoms with Gasteiger partial charge in [0.1, 0.15) is 5.82 Å². The van der Waals surface area contributed by atoms with Gasteiger partial charge in [0.15, 0.2) is 0 Å². The van der Waals surface area contributed by atoms with E-state index in [1.165, 1.54) is 12.3 Å². The molecule has 1 aromatic carbocycles. The lowest BCUT2D eigenvalue weighted by molar-refractivity contribution is -0.131. The van der Waals surface area contributed by atoms with E-state index in [2.05, 4.69) is 15.3 Å². The third-order valence-corrected chi connectivity index (χ3v) is 4.24. The molecule has 134 valence electrons. The molecule has 1 atom stereocenters. The summed E-state index contributed by atoms with van der Waals surface area (Å²) in [5.41, 5.74) is 1.08. The van der Waals surface area contributed by atoms with E-state index in [1.807, 2.05) is 0 Å². The van der Waals surface area contributed by atoms with Crippen LogP contribution in [0.25, 0.3) is 6.08 Å². The highest BCUT2D eigenvalue weighted by Gasteiger charge is 2.27. The first-order valence-corrected chi connectivity index (χ1v) is 8.43. The Labute approximate surface area is 155 Å². The van der Waals surface area contributed by atoms with Gasteiger partial charge in [0.25, 0.3) is 5.91 Å². The van der Waals surface area contributed by atoms with E-state index in [9.17, 15) is 9.59 Å². The van der Waals surface area contributed by atoms with Gasteiger partial charge in [0.05, 0.1) is 18.1 Å². The number of aromatic nitrogens is 2. The van der Waals surface area contributed by atoms with E-state index in [1.54, 1.807) is 35.4 Å². The molecular formula is C18H17ClN4O3. The maximum absolute atomic E-state index is 12.5. The molecule has 0 aliphatic carbocycles. The highest BCUT2D eigenvalue weighted by molar-refractivity contribution is 6.30. The second kappa shape index (κ2) is 7.97. The molecule has 1 fully saturated rings. The number of nitrogens with zero attached hydrogens (tertiary/aromatic N) is 3. The lowest BCUT2D eigenvalue weighted by Crippen LogP contribution is -2.31. The second-order valence-corrected chi connectivity index (χ2v) is 6.32. The average Bonchev–Trinajstić information content (AvgIpc) is 3.09. The molecule has 1 aliphatic heterocycles. The number of carbonyl (C=O) groups is 2. The molecule has 0 spiro atoms. The lowest BCUT2D eigenvalue weighted by Gasteiger charge is -2.17. The minimum atomic E-state index is -1.04. The average molecular weight is 373 g/mol. The van der Waals surface area contributed by atoms with E-state index in [0.717, 1.165) is 12.5 Å². The van der Waals surface area contributed by atoms with Crippen LogP contribution in [-0.4, -0.2) is 51.0 Å². The molecule has 26 heavy (non-hydrogen) atoms. The monoisotopic (exact) mass is 372 g/mol. The molecule has 0 unspecified atom stereocenters. The normalized spacial score (nSPS) is 16.8. The Balaban J connectivity index is 1.56. The number of nitrogens with one attached hydrogen (secondary N) is 1. The first-order chi connectivity index (χ1) is 12.5. The molecule has 1 amide bonds. The Morgan fingerprint density at radius 2 is 2.00 bits per heavy atom. The number of carboxylic acid groups (broad SMARTS) is 1. The molecule has 1 saturated heterocycles. The van der Waals surface area contributed by atoms with Gasteiger partial charge in [0.2, 0.25) is 0 Å². The van der Waals surface area contributed by atoms with Gasteiger partial charge in [-0.05, 0) is 36.8 Å². The SMILES string of the molecule is O=C(O)/C=C/c1cnc(N[C@@H]2CCN(C(=O)c3ccc(Cl)cc3)C2)cn1. The Morgan fingerprint density at radius 3 is 2.65 bits per heavy atom. The zero-order chi connectivity index (χ0) is 18.5. The zero-order valence-electron chi connectivity index (χ0n) is 13.8. The highest BCUT2D eigenvalue weighted by atomic mass is 35.5. The van der Waals surface area contributed by atoms with Crippen molar-refractivity contribution in [3.63, 3.8) is 0 Å². The third kappa shape index (κ3) is 4.58. The number of hydrogen-bond acceptors (Lipinski definition) is 5. The molecule has 2 heterocycles. The van der Waals surface area contributed by atoms with Gasteiger partial charge < -0.3 is 15.3 Å². The van der Waals surface area contributed by atoms with E-state index in [4.69, 9.17) is 16.7 Å². The molecule has 1 aliphatic rings. The molecule has 0 saturated carbocycles. The molecule has 7 nitrogen and oxygen atoms in total. The summed E-state index contributed by atoms with van der Waals surface area (Å²) in [6.45, 7) is 1.23. The number of halogens is 1. The number of aliphatic carboxylic acids is 1. The van der Waals surface area contributed by atoms with Crippen molar-refractivity contribution in [1.82, 2.24) is 14.9 Å². The van der Waals surface area contributed by atoms with E-state index in [-0.39, 0.29) is 11.9 Å². The van der Waals surface area contributed by atoms with Crippen LogP contribution in [0.15, 0.2) is 42.7 Å². The molecule has 0 bridgehead atoms. The number of carboxylic acids is 1. The van der Waals surface area contributed by atoms with E-state index < -0.39 is 5.97 Å². The van der Waals surface area contributed by atoms with Crippen LogP contribution < -0.4 is 5.32 Å². The maximum Gasteiger partial charge on any atom is 0.328 e. The van der Waals surface area contributed by atoms with Crippen LogP contribution in [0.3, 0.4) is 0 Å². The standard InChI is InChI=1S/C18H17ClN4O3/c19-13-3-1-12(2-4-13)18(26)23-8-7-15(11-23)22-16-10-20-14(9-21-16)5-6-17(24)25/h1-6,9-10,15H,7-8,11H2,(H,21,22)(H,24,25)/b6-5+/t15-/m1/s1. The minimum Gasteiger partial charge on any atom is -0.478 e. The third-order valence-electron chi connectivity index (χ3n) is 3.99. The van der Waals surface area contributed by atoms with Gasteiger partial charge in [-0.25, -0.2) is 9.78 Å². The largest absolute Gasteiger partial charge is 0.478 e. The van der Waals surface area contributed by atoms with Crippen molar-refractivity contribution in [2.45, 2.75) is 12.5 Å². The summed E-state index contributed by atoms with van der Waals surface area (Å²) in [6.07, 6.45) is 6.23. The Morgan fingerprint density at radius 1 is 1.23 bits per heavy atom. The fourth-order valence-electron chi connectivity index (χ4n) is 2.70. The van der Waals surface area contributed by atoms with Crippen LogP contribution >= 0.6 is 11.6 Å². The first kappa shape index (κ1) is 17.9. The zero-order valence-corrected chi connectivity index (χ0v) is 14.6. The van der Waals surface area contributed by atoms with Gasteiger partial charge in [0, 0.05) is 35.8 Å². The fraction of sp³-hybridized carbons (Fsp3) is 0.222. The number of rotatable bonds is 5. The van der Waals surface area contributed by atoms with Gasteiger partial charge in [-0.3, -0.25) is 9.78 Å². The fourth-order valence-corrected chi connectivity index (χ4v) is 2.83. The summed E-state index contributed by atoms with van der Waals surface area (Å²) in [5, 5.41) is 12.4. The summed E-state index contributed by atoms with van der Waals surface area (Å²) >= 11 is 5.85. The molecule has 3 rings (SSSR count). The Kier molecular flexibility index (Phi) is 5.48. The van der Waals surface area contributed by atoms with E-state index >= 15 is 0 Å². The summed E-state index contributed by atoms with van der Waals surface area (Å²) in [4.78, 5) is 33.1. The summed E-state index contributed by atoms with van der Waals surface area (Å²) in [5.74, 6) is -0.472. The first-order valence-electron chi connectivity index (χ1n) is 8.06. The van der Waals surface area contributed by atoms with Crippen LogP contribution in [0, 0.1) is 0 Å². The Bertz CT molecular complexity index is 821. The van der Waals surface area contributed by atoms with Crippen LogP contribution in [0.1, 0.15) is 22.5 Å². The van der Waals surface area contributed by atoms with Crippen molar-refractivity contribution in [3.8, 4) is 0 Å². The second-order valence-electron chi connectivity index (χ2n) is 5.89. The molecule has 1 aromatic heterocycles. The summed E-state index contributed by atoms with van der Waals surface area (Å²) < 4.78 is 0. The summed E-state index contributed by atoms with van der Waals surface area (Å²) in [7, 11) is 0. The predicted molar refractivity (Wildman–Crippen MR) is 98.1 cm³/mol. The van der Waals surface area contributed by atoms with Crippen LogP contribution in [0.4, 0.5) is 5.82 Å². The molecule has 2 aromatic rings. The van der Waals surface area contributed by atoms with Crippen molar-refractivity contribution in [2.75, 3.05) is 18.4 Å². The van der Waals surface area contributed by atoms with Crippen molar-refractivity contribution in [3.05, 3.63) is 59.0 Å². The number of carbonyl (C=O) groups excluding carboxylic acids is 1. The number of likely N-dealkylation sites (tertiary alicyclic amines) is 1. The number of hydrogen-bond donors (Lipinski definition) is 2. The molecule has 8 heteroatoms. The molecule has 0 radical (unpaired) electrons. The van der Waals surface area contributed by atoms with Gasteiger partial charge >= 0.3 is 5.97 Å². The smallest absolute Gasteiger partial charge is 0.328 e. The lowest BCUT2D eigenvalue weighted by atomic mass is 10.2. The highest BCUT2D eigenvalue weighted by Crippen LogP contribution is 2.18. The number of amides is 1. The van der Waals surface area contributed by atoms with Crippen LogP contribution in [0.5, 0.6) is 0 Å². The topological polar surface area (TPSA) is 95.4 Å². The van der Waals surface area contributed by atoms with Crippen LogP contribution in [0.2, 0.25) is 5.02 Å². The number of anilines is 1. The van der Waals surface area contributed by atoms with Crippen molar-refractivity contribution in [2.24, 2.45) is 0 Å². The van der Waals surface area contributed by atoms with Crippen molar-refractivity contribution in [1.29, 1.82) is 0 Å². The van der Waals surface area contributed by atoms with E-state index in [0.29, 0.717) is 35.2 Å². The van der Waals surface area contributed by atoms with Crippen LogP contribution in [-0.2, 0) is 4.79 Å². The molecular weight excluding hydrogens is 356 g/mol. The molecule has 2 N–H and O–H groups in total. The maximum atomic E-state index is 12.5. The number of benzene rings is 1. The Hall–Kier alpha value is -2.93. The van der Waals surface area contributed by atoms with Gasteiger partial charge in [-0.2, -0.15) is 0 Å². The summed E-state index contributed by atoms with van der Waals surface area (Å²) in [6, 6.07) is 6.94. The van der Waals surface area contributed by atoms with Gasteiger partial charge in [-0.1, -0.05) is 11.6 Å².